The number of hydroxylamine groups is 1. The smallest absolute Gasteiger partial charge is 0.275 e. The topological polar surface area (TPSA) is 80.4 Å². The second-order valence-corrected chi connectivity index (χ2v) is 3.87. The van der Waals surface area contributed by atoms with E-state index >= 15 is 0 Å². The first-order valence-electron chi connectivity index (χ1n) is 5.75. The molecule has 1 amide bonds. The van der Waals surface area contributed by atoms with Gasteiger partial charge in [0.05, 0.1) is 18.8 Å². The molecule has 2 rings (SSSR count). The summed E-state index contributed by atoms with van der Waals surface area (Å²) < 4.78 is 4.79. The number of carbonyl (C=O) groups excluding carboxylic acids is 1. The van der Waals surface area contributed by atoms with Gasteiger partial charge in [0, 0.05) is 24.1 Å². The van der Waals surface area contributed by atoms with E-state index in [2.05, 4.69) is 10.5 Å². The summed E-state index contributed by atoms with van der Waals surface area (Å²) in [4.78, 5) is 31.0. The summed E-state index contributed by atoms with van der Waals surface area (Å²) in [6.45, 7) is 0.611. The van der Waals surface area contributed by atoms with Crippen LogP contribution in [0.15, 0.2) is 35.1 Å². The van der Waals surface area contributed by atoms with Gasteiger partial charge in [-0.2, -0.15) is 0 Å². The van der Waals surface area contributed by atoms with Crippen molar-refractivity contribution in [3.63, 3.8) is 0 Å². The average Bonchev–Trinajstić information content (AvgIpc) is 2.42. The maximum Gasteiger partial charge on any atom is 0.275 e. The van der Waals surface area contributed by atoms with Crippen LogP contribution >= 0.6 is 0 Å². The number of fused-ring (bicyclic) bond motifs is 1. The lowest BCUT2D eigenvalue weighted by atomic mass is 10.1. The molecular weight excluding hydrogens is 248 g/mol. The molecule has 19 heavy (non-hydrogen) atoms. The Balaban J connectivity index is 2.24. The number of H-pyrrole nitrogens is 1. The first kappa shape index (κ1) is 13.3. The number of aromatic nitrogens is 1. The number of methoxy groups -OCH3 is 1. The predicted octanol–water partition coefficient (Wildman–Crippen LogP) is 0.836. The van der Waals surface area contributed by atoms with E-state index in [1.807, 2.05) is 0 Å². The van der Waals surface area contributed by atoms with Crippen molar-refractivity contribution >= 4 is 16.8 Å². The normalized spacial score (nSPS) is 10.6. The standard InChI is InChI=1S/C13H14N2O4/c1-18-6-7-19-15-13(17)10-8-12(16)14-11-5-3-2-4-9(10)11/h2-5,8H,6-7H2,1H3,(H,14,16)(H,15,17). The second-order valence-electron chi connectivity index (χ2n) is 3.87. The Bertz CT molecular complexity index is 636. The molecule has 0 bridgehead atoms. The summed E-state index contributed by atoms with van der Waals surface area (Å²) in [5.41, 5.74) is 2.83. The number of carbonyl (C=O) groups is 1. The van der Waals surface area contributed by atoms with Crippen LogP contribution in [0, 0.1) is 0 Å². The van der Waals surface area contributed by atoms with Gasteiger partial charge in [0.1, 0.15) is 0 Å². The van der Waals surface area contributed by atoms with Gasteiger partial charge in [-0.1, -0.05) is 18.2 Å². The molecule has 0 fully saturated rings. The highest BCUT2D eigenvalue weighted by Gasteiger charge is 2.11. The van der Waals surface area contributed by atoms with Crippen LogP contribution in [0.5, 0.6) is 0 Å². The van der Waals surface area contributed by atoms with Gasteiger partial charge in [0.2, 0.25) is 5.56 Å². The van der Waals surface area contributed by atoms with Crippen molar-refractivity contribution in [2.45, 2.75) is 0 Å². The van der Waals surface area contributed by atoms with E-state index < -0.39 is 5.91 Å². The van der Waals surface area contributed by atoms with Gasteiger partial charge < -0.3 is 9.72 Å². The molecule has 0 atom stereocenters. The summed E-state index contributed by atoms with van der Waals surface area (Å²) in [7, 11) is 1.54. The number of aromatic amines is 1. The number of benzene rings is 1. The minimum absolute atomic E-state index is 0.239. The molecule has 6 heteroatoms. The van der Waals surface area contributed by atoms with Crippen molar-refractivity contribution in [3.8, 4) is 0 Å². The summed E-state index contributed by atoms with van der Waals surface area (Å²) in [6, 6.07) is 8.32. The molecule has 0 aliphatic carbocycles. The van der Waals surface area contributed by atoms with Crippen LogP contribution < -0.4 is 11.0 Å². The van der Waals surface area contributed by atoms with Crippen molar-refractivity contribution in [1.29, 1.82) is 0 Å². The van der Waals surface area contributed by atoms with Gasteiger partial charge >= 0.3 is 0 Å². The number of nitrogens with one attached hydrogen (secondary N) is 2. The van der Waals surface area contributed by atoms with Gasteiger partial charge in [-0.25, -0.2) is 5.48 Å². The minimum atomic E-state index is -0.460. The van der Waals surface area contributed by atoms with Gasteiger partial charge in [-0.15, -0.1) is 0 Å². The third-order valence-corrected chi connectivity index (χ3v) is 2.55. The summed E-state index contributed by atoms with van der Waals surface area (Å²) >= 11 is 0. The molecule has 0 saturated carbocycles. The molecule has 1 aromatic carbocycles. The Hall–Kier alpha value is -2.18. The molecule has 100 valence electrons. The highest BCUT2D eigenvalue weighted by molar-refractivity contribution is 6.05. The largest absolute Gasteiger partial charge is 0.382 e. The van der Waals surface area contributed by atoms with Crippen LogP contribution in [-0.2, 0) is 9.57 Å². The molecule has 0 radical (unpaired) electrons. The average molecular weight is 262 g/mol. The van der Waals surface area contributed by atoms with E-state index in [4.69, 9.17) is 9.57 Å². The van der Waals surface area contributed by atoms with Crippen molar-refractivity contribution in [2.75, 3.05) is 20.3 Å². The Morgan fingerprint density at radius 1 is 1.32 bits per heavy atom. The Kier molecular flexibility index (Phi) is 4.27. The number of amides is 1. The van der Waals surface area contributed by atoms with Crippen molar-refractivity contribution < 1.29 is 14.4 Å². The lowest BCUT2D eigenvalue weighted by Crippen LogP contribution is -2.26. The van der Waals surface area contributed by atoms with Crippen molar-refractivity contribution in [1.82, 2.24) is 10.5 Å². The summed E-state index contributed by atoms with van der Waals surface area (Å²) in [6.07, 6.45) is 0. The zero-order valence-electron chi connectivity index (χ0n) is 10.4. The lowest BCUT2D eigenvalue weighted by Gasteiger charge is -2.07. The van der Waals surface area contributed by atoms with Crippen LogP contribution in [0.1, 0.15) is 10.4 Å². The fourth-order valence-electron chi connectivity index (χ4n) is 1.69. The monoisotopic (exact) mass is 262 g/mol. The highest BCUT2D eigenvalue weighted by Crippen LogP contribution is 2.14. The number of hydrogen-bond donors (Lipinski definition) is 2. The fourth-order valence-corrected chi connectivity index (χ4v) is 1.69. The third kappa shape index (κ3) is 3.18. The second kappa shape index (κ2) is 6.12. The molecule has 1 aromatic heterocycles. The van der Waals surface area contributed by atoms with Crippen LogP contribution in [0.25, 0.3) is 10.9 Å². The molecule has 0 aliphatic rings. The van der Waals surface area contributed by atoms with E-state index in [0.29, 0.717) is 17.5 Å². The molecule has 6 nitrogen and oxygen atoms in total. The molecule has 0 spiro atoms. The van der Waals surface area contributed by atoms with Crippen LogP contribution in [-0.4, -0.2) is 31.2 Å². The van der Waals surface area contributed by atoms with E-state index in [0.717, 1.165) is 0 Å². The van der Waals surface area contributed by atoms with Crippen molar-refractivity contribution in [2.24, 2.45) is 0 Å². The SMILES string of the molecule is COCCONC(=O)c1cc(=O)[nH]c2ccccc12. The molecule has 2 aromatic rings. The zero-order chi connectivity index (χ0) is 13.7. The first-order valence-corrected chi connectivity index (χ1v) is 5.75. The molecule has 1 heterocycles. The van der Waals surface area contributed by atoms with Crippen LogP contribution in [0.3, 0.4) is 0 Å². The van der Waals surface area contributed by atoms with Crippen LogP contribution in [0.4, 0.5) is 0 Å². The van der Waals surface area contributed by atoms with Gasteiger partial charge in [0.15, 0.2) is 0 Å². The lowest BCUT2D eigenvalue weighted by molar-refractivity contribution is 0.00898. The molecule has 2 N–H and O–H groups in total. The molecular formula is C13H14N2O4. The Labute approximate surface area is 109 Å². The van der Waals surface area contributed by atoms with E-state index in [9.17, 15) is 9.59 Å². The third-order valence-electron chi connectivity index (χ3n) is 2.55. The van der Waals surface area contributed by atoms with E-state index in [1.54, 1.807) is 24.3 Å². The summed E-state index contributed by atoms with van der Waals surface area (Å²) in [5, 5.41) is 0.662. The van der Waals surface area contributed by atoms with Gasteiger partial charge in [-0.05, 0) is 6.07 Å². The van der Waals surface area contributed by atoms with E-state index in [1.165, 1.54) is 13.2 Å². The molecule has 0 saturated heterocycles. The maximum atomic E-state index is 11.9. The maximum absolute atomic E-state index is 11.9. The van der Waals surface area contributed by atoms with Gasteiger partial charge in [0.25, 0.3) is 5.91 Å². The number of ether oxygens (including phenoxy) is 1. The quantitative estimate of drug-likeness (QED) is 0.618. The number of para-hydroxylation sites is 1. The van der Waals surface area contributed by atoms with Crippen molar-refractivity contribution in [3.05, 3.63) is 46.2 Å². The van der Waals surface area contributed by atoms with Gasteiger partial charge in [-0.3, -0.25) is 14.4 Å². The number of pyridine rings is 1. The number of hydrogen-bond acceptors (Lipinski definition) is 4. The Morgan fingerprint density at radius 3 is 2.89 bits per heavy atom. The first-order chi connectivity index (χ1) is 9.22. The predicted molar refractivity (Wildman–Crippen MR) is 69.9 cm³/mol. The molecule has 0 unspecified atom stereocenters. The fraction of sp³-hybridized carbons (Fsp3) is 0.231. The highest BCUT2D eigenvalue weighted by atomic mass is 16.7. The van der Waals surface area contributed by atoms with Crippen LogP contribution in [0.2, 0.25) is 0 Å². The molecule has 0 aliphatic heterocycles. The van der Waals surface area contributed by atoms with E-state index in [-0.39, 0.29) is 17.7 Å². The zero-order valence-corrected chi connectivity index (χ0v) is 10.4. The summed E-state index contributed by atoms with van der Waals surface area (Å²) in [5.74, 6) is -0.460. The minimum Gasteiger partial charge on any atom is -0.382 e. The Morgan fingerprint density at radius 2 is 2.11 bits per heavy atom. The number of rotatable bonds is 5.